The van der Waals surface area contributed by atoms with Gasteiger partial charge in [-0.2, -0.15) is 0 Å². The fourth-order valence-electron chi connectivity index (χ4n) is 2.41. The number of carbonyl (C=O) groups excluding carboxylic acids is 2. The Hall–Kier alpha value is -2.04. The van der Waals surface area contributed by atoms with Crippen LogP contribution in [-0.2, 0) is 11.3 Å². The maximum Gasteiger partial charge on any atom is 0.252 e. The van der Waals surface area contributed by atoms with Gasteiger partial charge in [-0.3, -0.25) is 9.59 Å². The van der Waals surface area contributed by atoms with Crippen molar-refractivity contribution in [2.24, 2.45) is 0 Å². The lowest BCUT2D eigenvalue weighted by Gasteiger charge is -2.17. The minimum Gasteiger partial charge on any atom is -0.350 e. The summed E-state index contributed by atoms with van der Waals surface area (Å²) in [5.74, 6) is -0.421. The normalized spacial score (nSPS) is 14.8. The van der Waals surface area contributed by atoms with E-state index < -0.39 is 5.54 Å². The second-order valence-corrected chi connectivity index (χ2v) is 6.65. The predicted octanol–water partition coefficient (Wildman–Crippen LogP) is 3.57. The van der Waals surface area contributed by atoms with Crippen LogP contribution in [0.5, 0.6) is 0 Å². The Morgan fingerprint density at radius 2 is 1.71 bits per heavy atom. The molecule has 0 unspecified atom stereocenters. The van der Waals surface area contributed by atoms with E-state index in [9.17, 15) is 9.59 Å². The number of carbonyl (C=O) groups is 2. The van der Waals surface area contributed by atoms with E-state index >= 15 is 0 Å². The van der Waals surface area contributed by atoms with Crippen LogP contribution in [0.3, 0.4) is 0 Å². The SMILES string of the molecule is O=C(NC1(C(=O)NCc2ccc(Cl)c(Cl)c2)CC1)c1ccccc1. The summed E-state index contributed by atoms with van der Waals surface area (Å²) in [6.07, 6.45) is 1.28. The summed E-state index contributed by atoms with van der Waals surface area (Å²) in [4.78, 5) is 24.7. The van der Waals surface area contributed by atoms with Crippen LogP contribution in [0.2, 0.25) is 10.0 Å². The van der Waals surface area contributed by atoms with Crippen molar-refractivity contribution in [1.82, 2.24) is 10.6 Å². The summed E-state index contributed by atoms with van der Waals surface area (Å²) in [5.41, 5.74) is 0.590. The highest BCUT2D eigenvalue weighted by Gasteiger charge is 2.51. The van der Waals surface area contributed by atoms with Gasteiger partial charge in [-0.1, -0.05) is 47.5 Å². The van der Waals surface area contributed by atoms with E-state index in [1.807, 2.05) is 6.07 Å². The van der Waals surface area contributed by atoms with E-state index in [0.717, 1.165) is 5.56 Å². The first-order valence-electron chi connectivity index (χ1n) is 7.60. The van der Waals surface area contributed by atoms with Crippen molar-refractivity contribution in [2.75, 3.05) is 0 Å². The van der Waals surface area contributed by atoms with Crippen LogP contribution >= 0.6 is 23.2 Å². The molecular formula is C18H16Cl2N2O2. The largest absolute Gasteiger partial charge is 0.350 e. The van der Waals surface area contributed by atoms with Crippen molar-refractivity contribution in [2.45, 2.75) is 24.9 Å². The molecule has 2 amide bonds. The summed E-state index contributed by atoms with van der Waals surface area (Å²) < 4.78 is 0. The van der Waals surface area contributed by atoms with Gasteiger partial charge in [-0.05, 0) is 42.7 Å². The quantitative estimate of drug-likeness (QED) is 0.853. The molecule has 1 saturated carbocycles. The molecule has 2 aromatic carbocycles. The third-order valence-corrected chi connectivity index (χ3v) is 4.75. The van der Waals surface area contributed by atoms with Gasteiger partial charge in [0, 0.05) is 12.1 Å². The van der Waals surface area contributed by atoms with E-state index in [2.05, 4.69) is 10.6 Å². The van der Waals surface area contributed by atoms with Gasteiger partial charge in [0.05, 0.1) is 10.0 Å². The van der Waals surface area contributed by atoms with Crippen LogP contribution in [-0.4, -0.2) is 17.4 Å². The smallest absolute Gasteiger partial charge is 0.252 e. The molecule has 124 valence electrons. The zero-order valence-corrected chi connectivity index (χ0v) is 14.3. The molecule has 0 saturated heterocycles. The Morgan fingerprint density at radius 1 is 1.00 bits per heavy atom. The van der Waals surface area contributed by atoms with Gasteiger partial charge in [0.15, 0.2) is 0 Å². The topological polar surface area (TPSA) is 58.2 Å². The molecule has 3 rings (SSSR count). The Balaban J connectivity index is 1.60. The van der Waals surface area contributed by atoms with Gasteiger partial charge in [0.25, 0.3) is 5.91 Å². The monoisotopic (exact) mass is 362 g/mol. The number of nitrogens with one attached hydrogen (secondary N) is 2. The van der Waals surface area contributed by atoms with E-state index in [-0.39, 0.29) is 11.8 Å². The first-order valence-corrected chi connectivity index (χ1v) is 8.36. The van der Waals surface area contributed by atoms with Crippen LogP contribution in [0.4, 0.5) is 0 Å². The molecule has 0 aliphatic heterocycles. The number of halogens is 2. The Morgan fingerprint density at radius 3 is 2.33 bits per heavy atom. The Kier molecular flexibility index (Phi) is 4.78. The van der Waals surface area contributed by atoms with Gasteiger partial charge < -0.3 is 10.6 Å². The summed E-state index contributed by atoms with van der Waals surface area (Å²) in [6, 6.07) is 14.1. The number of hydrogen-bond donors (Lipinski definition) is 2. The van der Waals surface area contributed by atoms with Crippen LogP contribution < -0.4 is 10.6 Å². The van der Waals surface area contributed by atoms with Crippen LogP contribution in [0.25, 0.3) is 0 Å². The first kappa shape index (κ1) is 16.8. The molecule has 0 heterocycles. The molecule has 0 atom stereocenters. The van der Waals surface area contributed by atoms with Gasteiger partial charge in [0.2, 0.25) is 5.91 Å². The fraction of sp³-hybridized carbons (Fsp3) is 0.222. The van der Waals surface area contributed by atoms with Crippen molar-refractivity contribution in [3.8, 4) is 0 Å². The summed E-state index contributed by atoms with van der Waals surface area (Å²) in [5, 5.41) is 6.61. The lowest BCUT2D eigenvalue weighted by atomic mass is 10.1. The van der Waals surface area contributed by atoms with Crippen LogP contribution in [0.15, 0.2) is 48.5 Å². The van der Waals surface area contributed by atoms with Crippen molar-refractivity contribution >= 4 is 35.0 Å². The van der Waals surface area contributed by atoms with Crippen molar-refractivity contribution in [1.29, 1.82) is 0 Å². The molecule has 0 aromatic heterocycles. The van der Waals surface area contributed by atoms with Gasteiger partial charge >= 0.3 is 0 Å². The van der Waals surface area contributed by atoms with E-state index in [4.69, 9.17) is 23.2 Å². The zero-order valence-electron chi connectivity index (χ0n) is 12.8. The lowest BCUT2D eigenvalue weighted by molar-refractivity contribution is -0.124. The molecular weight excluding hydrogens is 347 g/mol. The second-order valence-electron chi connectivity index (χ2n) is 5.83. The van der Waals surface area contributed by atoms with E-state index in [1.165, 1.54) is 0 Å². The molecule has 2 aromatic rings. The Bertz CT molecular complexity index is 774. The maximum atomic E-state index is 12.4. The van der Waals surface area contributed by atoms with Crippen molar-refractivity contribution in [3.63, 3.8) is 0 Å². The number of benzene rings is 2. The molecule has 0 radical (unpaired) electrons. The third kappa shape index (κ3) is 3.71. The fourth-order valence-corrected chi connectivity index (χ4v) is 2.73. The molecule has 0 spiro atoms. The zero-order chi connectivity index (χ0) is 17.2. The molecule has 2 N–H and O–H groups in total. The second kappa shape index (κ2) is 6.83. The van der Waals surface area contributed by atoms with Crippen LogP contribution in [0, 0.1) is 0 Å². The van der Waals surface area contributed by atoms with Gasteiger partial charge in [0.1, 0.15) is 5.54 Å². The predicted molar refractivity (Wildman–Crippen MR) is 94.2 cm³/mol. The molecule has 1 aliphatic carbocycles. The molecule has 24 heavy (non-hydrogen) atoms. The molecule has 6 heteroatoms. The van der Waals surface area contributed by atoms with Gasteiger partial charge in [-0.25, -0.2) is 0 Å². The lowest BCUT2D eigenvalue weighted by Crippen LogP contribution is -2.48. The van der Waals surface area contributed by atoms with E-state index in [1.54, 1.807) is 42.5 Å². The Labute approximate surface area is 150 Å². The highest BCUT2D eigenvalue weighted by molar-refractivity contribution is 6.42. The highest BCUT2D eigenvalue weighted by Crippen LogP contribution is 2.36. The number of rotatable bonds is 5. The summed E-state index contributed by atoms with van der Waals surface area (Å²) in [7, 11) is 0. The average Bonchev–Trinajstić information content (AvgIpc) is 3.37. The minimum atomic E-state index is -0.802. The summed E-state index contributed by atoms with van der Waals surface area (Å²) in [6.45, 7) is 0.332. The van der Waals surface area contributed by atoms with Gasteiger partial charge in [-0.15, -0.1) is 0 Å². The average molecular weight is 363 g/mol. The number of hydrogen-bond acceptors (Lipinski definition) is 2. The maximum absolute atomic E-state index is 12.4. The molecule has 4 nitrogen and oxygen atoms in total. The minimum absolute atomic E-state index is 0.183. The molecule has 1 fully saturated rings. The highest BCUT2D eigenvalue weighted by atomic mass is 35.5. The van der Waals surface area contributed by atoms with E-state index in [0.29, 0.717) is 35.0 Å². The van der Waals surface area contributed by atoms with Crippen molar-refractivity contribution in [3.05, 3.63) is 69.7 Å². The molecule has 1 aliphatic rings. The summed E-state index contributed by atoms with van der Waals surface area (Å²) >= 11 is 11.8. The number of amides is 2. The van der Waals surface area contributed by atoms with Crippen LogP contribution in [0.1, 0.15) is 28.8 Å². The van der Waals surface area contributed by atoms with Crippen molar-refractivity contribution < 1.29 is 9.59 Å². The third-order valence-electron chi connectivity index (χ3n) is 4.01. The standard InChI is InChI=1S/C18H16Cl2N2O2/c19-14-7-6-12(10-15(14)20)11-21-17(24)18(8-9-18)22-16(23)13-4-2-1-3-5-13/h1-7,10H,8-9,11H2,(H,21,24)(H,22,23). The first-order chi connectivity index (χ1) is 11.5. The molecule has 0 bridgehead atoms.